The maximum atomic E-state index is 9.87. The molecular weight excluding hydrogens is 226 g/mol. The Balaban J connectivity index is 1.88. The van der Waals surface area contributed by atoms with E-state index in [1.165, 1.54) is 25.7 Å². The molecule has 0 aliphatic heterocycles. The normalized spacial score (nSPS) is 17.2. The lowest BCUT2D eigenvalue weighted by molar-refractivity contribution is 0.288. The summed E-state index contributed by atoms with van der Waals surface area (Å²) >= 11 is 0. The van der Waals surface area contributed by atoms with Crippen molar-refractivity contribution in [3.05, 3.63) is 23.8 Å². The number of aromatic hydroxyl groups is 1. The molecule has 3 nitrogen and oxygen atoms in total. The van der Waals surface area contributed by atoms with Crippen LogP contribution in [0.5, 0.6) is 11.5 Å². The fourth-order valence-electron chi connectivity index (χ4n) is 2.40. The minimum absolute atomic E-state index is 0.153. The summed E-state index contributed by atoms with van der Waals surface area (Å²) in [5.74, 6) is 2.04. The van der Waals surface area contributed by atoms with Crippen LogP contribution in [0.15, 0.2) is 18.2 Å². The average molecular weight is 249 g/mol. The van der Waals surface area contributed by atoms with Crippen LogP contribution >= 0.6 is 0 Å². The van der Waals surface area contributed by atoms with Crippen molar-refractivity contribution in [2.45, 2.75) is 38.6 Å². The average Bonchev–Trinajstić information content (AvgIpc) is 2.32. The van der Waals surface area contributed by atoms with Gasteiger partial charge < -0.3 is 15.2 Å². The molecule has 0 heterocycles. The van der Waals surface area contributed by atoms with Gasteiger partial charge in [0.2, 0.25) is 0 Å². The van der Waals surface area contributed by atoms with Crippen molar-refractivity contribution in [3.8, 4) is 11.5 Å². The highest BCUT2D eigenvalue weighted by molar-refractivity contribution is 5.41. The first kappa shape index (κ1) is 13.2. The molecule has 1 aromatic rings. The first-order chi connectivity index (χ1) is 8.70. The van der Waals surface area contributed by atoms with Gasteiger partial charge >= 0.3 is 0 Å². The molecule has 0 spiro atoms. The Labute approximate surface area is 109 Å². The summed E-state index contributed by atoms with van der Waals surface area (Å²) in [6, 6.07) is 5.52. The van der Waals surface area contributed by atoms with Crippen LogP contribution in [0.25, 0.3) is 0 Å². The molecule has 0 aromatic heterocycles. The van der Waals surface area contributed by atoms with Gasteiger partial charge in [0.1, 0.15) is 11.5 Å². The Morgan fingerprint density at radius 2 is 2.22 bits per heavy atom. The topological polar surface area (TPSA) is 41.5 Å². The standard InChI is InChI=1S/C15H23NO2/c1-11(16-9-8-12-4-3-5-12)14-10-13(18-2)6-7-15(14)17/h6-7,10-12,16-17H,3-5,8-9H2,1-2H3. The predicted molar refractivity (Wildman–Crippen MR) is 73.0 cm³/mol. The van der Waals surface area contributed by atoms with Gasteiger partial charge in [-0.2, -0.15) is 0 Å². The summed E-state index contributed by atoms with van der Waals surface area (Å²) in [5.41, 5.74) is 0.906. The van der Waals surface area contributed by atoms with Crippen molar-refractivity contribution in [2.75, 3.05) is 13.7 Å². The number of hydrogen-bond donors (Lipinski definition) is 2. The highest BCUT2D eigenvalue weighted by atomic mass is 16.5. The maximum Gasteiger partial charge on any atom is 0.120 e. The molecule has 0 amide bonds. The third kappa shape index (κ3) is 3.16. The Morgan fingerprint density at radius 3 is 2.83 bits per heavy atom. The second kappa shape index (κ2) is 6.10. The van der Waals surface area contributed by atoms with E-state index in [4.69, 9.17) is 4.74 Å². The van der Waals surface area contributed by atoms with Crippen molar-refractivity contribution in [2.24, 2.45) is 5.92 Å². The van der Waals surface area contributed by atoms with E-state index in [2.05, 4.69) is 12.2 Å². The Hall–Kier alpha value is -1.22. The second-order valence-corrected chi connectivity index (χ2v) is 5.19. The Kier molecular flexibility index (Phi) is 4.48. The monoisotopic (exact) mass is 249 g/mol. The highest BCUT2D eigenvalue weighted by Gasteiger charge is 2.17. The largest absolute Gasteiger partial charge is 0.508 e. The van der Waals surface area contributed by atoms with E-state index >= 15 is 0 Å². The van der Waals surface area contributed by atoms with Crippen LogP contribution in [0, 0.1) is 5.92 Å². The predicted octanol–water partition coefficient (Wildman–Crippen LogP) is 3.24. The quantitative estimate of drug-likeness (QED) is 0.813. The molecule has 0 saturated heterocycles. The van der Waals surface area contributed by atoms with Crippen molar-refractivity contribution >= 4 is 0 Å². The number of methoxy groups -OCH3 is 1. The summed E-state index contributed by atoms with van der Waals surface area (Å²) in [4.78, 5) is 0. The lowest BCUT2D eigenvalue weighted by atomic mass is 9.83. The summed E-state index contributed by atoms with van der Waals surface area (Å²) in [6.45, 7) is 3.09. The van der Waals surface area contributed by atoms with Gasteiger partial charge in [0.25, 0.3) is 0 Å². The van der Waals surface area contributed by atoms with Crippen molar-refractivity contribution < 1.29 is 9.84 Å². The molecule has 1 unspecified atom stereocenters. The molecule has 18 heavy (non-hydrogen) atoms. The van der Waals surface area contributed by atoms with Crippen molar-refractivity contribution in [3.63, 3.8) is 0 Å². The zero-order chi connectivity index (χ0) is 13.0. The van der Waals surface area contributed by atoms with E-state index in [1.54, 1.807) is 19.2 Å². The van der Waals surface area contributed by atoms with E-state index in [-0.39, 0.29) is 6.04 Å². The van der Waals surface area contributed by atoms with Crippen molar-refractivity contribution in [1.82, 2.24) is 5.32 Å². The zero-order valence-corrected chi connectivity index (χ0v) is 11.3. The molecular formula is C15H23NO2. The minimum atomic E-state index is 0.153. The molecule has 1 atom stereocenters. The zero-order valence-electron chi connectivity index (χ0n) is 11.3. The molecule has 2 N–H and O–H groups in total. The number of ether oxygens (including phenoxy) is 1. The molecule has 100 valence electrons. The molecule has 1 aromatic carbocycles. The van der Waals surface area contributed by atoms with Gasteiger partial charge in [-0.05, 0) is 44.0 Å². The third-order valence-electron chi connectivity index (χ3n) is 3.93. The number of phenolic OH excluding ortho intramolecular Hbond substituents is 1. The van der Waals surface area contributed by atoms with Crippen LogP contribution in [0.3, 0.4) is 0 Å². The number of nitrogens with one attached hydrogen (secondary N) is 1. The smallest absolute Gasteiger partial charge is 0.120 e. The highest BCUT2D eigenvalue weighted by Crippen LogP contribution is 2.30. The van der Waals surface area contributed by atoms with Crippen LogP contribution < -0.4 is 10.1 Å². The number of hydrogen-bond acceptors (Lipinski definition) is 3. The van der Waals surface area contributed by atoms with Gasteiger partial charge in [-0.25, -0.2) is 0 Å². The molecule has 0 bridgehead atoms. The third-order valence-corrected chi connectivity index (χ3v) is 3.93. The van der Waals surface area contributed by atoms with E-state index in [9.17, 15) is 5.11 Å². The first-order valence-corrected chi connectivity index (χ1v) is 6.81. The van der Waals surface area contributed by atoms with Gasteiger partial charge in [0.05, 0.1) is 7.11 Å². The van der Waals surface area contributed by atoms with Crippen LogP contribution in [0.4, 0.5) is 0 Å². The van der Waals surface area contributed by atoms with Crippen LogP contribution in [0.2, 0.25) is 0 Å². The van der Waals surface area contributed by atoms with Gasteiger partial charge in [-0.1, -0.05) is 19.3 Å². The molecule has 1 aliphatic carbocycles. The summed E-state index contributed by atoms with van der Waals surface area (Å²) in [6.07, 6.45) is 5.42. The minimum Gasteiger partial charge on any atom is -0.508 e. The van der Waals surface area contributed by atoms with Gasteiger partial charge in [-0.3, -0.25) is 0 Å². The summed E-state index contributed by atoms with van der Waals surface area (Å²) in [7, 11) is 1.64. The molecule has 1 aliphatic rings. The van der Waals surface area contributed by atoms with Gasteiger partial charge in [0, 0.05) is 11.6 Å². The number of rotatable bonds is 6. The maximum absolute atomic E-state index is 9.87. The molecule has 3 heteroatoms. The molecule has 0 radical (unpaired) electrons. The van der Waals surface area contributed by atoms with Gasteiger partial charge in [0.15, 0.2) is 0 Å². The lowest BCUT2D eigenvalue weighted by Gasteiger charge is -2.26. The van der Waals surface area contributed by atoms with E-state index < -0.39 is 0 Å². The summed E-state index contributed by atoms with van der Waals surface area (Å²) in [5, 5.41) is 13.3. The number of phenols is 1. The van der Waals surface area contributed by atoms with E-state index in [1.807, 2.05) is 6.07 Å². The molecule has 2 rings (SSSR count). The Morgan fingerprint density at radius 1 is 1.44 bits per heavy atom. The lowest BCUT2D eigenvalue weighted by Crippen LogP contribution is -2.24. The Bertz CT molecular complexity index is 388. The fraction of sp³-hybridized carbons (Fsp3) is 0.600. The number of benzene rings is 1. The summed E-state index contributed by atoms with van der Waals surface area (Å²) < 4.78 is 5.19. The molecule has 1 saturated carbocycles. The van der Waals surface area contributed by atoms with Crippen LogP contribution in [0.1, 0.15) is 44.2 Å². The molecule has 1 fully saturated rings. The second-order valence-electron chi connectivity index (χ2n) is 5.19. The van der Waals surface area contributed by atoms with Crippen LogP contribution in [-0.2, 0) is 0 Å². The fourth-order valence-corrected chi connectivity index (χ4v) is 2.40. The van der Waals surface area contributed by atoms with Crippen molar-refractivity contribution in [1.29, 1.82) is 0 Å². The first-order valence-electron chi connectivity index (χ1n) is 6.81. The van der Waals surface area contributed by atoms with E-state index in [0.717, 1.165) is 23.8 Å². The SMILES string of the molecule is COc1ccc(O)c(C(C)NCCC2CCC2)c1. The van der Waals surface area contributed by atoms with Crippen LogP contribution in [-0.4, -0.2) is 18.8 Å². The van der Waals surface area contributed by atoms with Gasteiger partial charge in [-0.15, -0.1) is 0 Å². The van der Waals surface area contributed by atoms with E-state index in [0.29, 0.717) is 5.75 Å².